The fourth-order valence-corrected chi connectivity index (χ4v) is 3.03. The van der Waals surface area contributed by atoms with Crippen molar-refractivity contribution in [3.63, 3.8) is 0 Å². The fraction of sp³-hybridized carbons (Fsp3) is 0.158. The maximum absolute atomic E-state index is 12.2. The zero-order chi connectivity index (χ0) is 18.0. The van der Waals surface area contributed by atoms with E-state index in [1.807, 2.05) is 38.4 Å². The van der Waals surface area contributed by atoms with Gasteiger partial charge in [-0.05, 0) is 50.0 Å². The Morgan fingerprint density at radius 1 is 1.04 bits per heavy atom. The molecule has 0 saturated carbocycles. The van der Waals surface area contributed by atoms with Crippen molar-refractivity contribution >= 4 is 39.0 Å². The number of carbonyl (C=O) groups is 2. The van der Waals surface area contributed by atoms with Crippen LogP contribution in [0, 0.1) is 0 Å². The number of imide groups is 1. The molecule has 2 aromatic carbocycles. The Morgan fingerprint density at radius 3 is 2.44 bits per heavy atom. The Hall–Kier alpha value is -2.44. The lowest BCUT2D eigenvalue weighted by atomic mass is 9.95. The number of amides is 2. The molecule has 0 saturated heterocycles. The summed E-state index contributed by atoms with van der Waals surface area (Å²) in [5.41, 5.74) is 3.60. The number of nitrogens with zero attached hydrogens (tertiary/aromatic N) is 1. The molecule has 2 amide bonds. The molecule has 0 radical (unpaired) electrons. The van der Waals surface area contributed by atoms with Crippen molar-refractivity contribution in [3.05, 3.63) is 69.8 Å². The first-order valence-corrected chi connectivity index (χ1v) is 8.59. The summed E-state index contributed by atoms with van der Waals surface area (Å²) in [4.78, 5) is 26.3. The molecule has 2 aromatic rings. The van der Waals surface area contributed by atoms with E-state index in [2.05, 4.69) is 31.5 Å². The zero-order valence-electron chi connectivity index (χ0n) is 14.0. The van der Waals surface area contributed by atoms with Gasteiger partial charge in [0.1, 0.15) is 0 Å². The van der Waals surface area contributed by atoms with Crippen LogP contribution in [0.1, 0.15) is 21.5 Å². The maximum Gasteiger partial charge on any atom is 0.260 e. The lowest BCUT2D eigenvalue weighted by Crippen LogP contribution is -2.36. The molecule has 0 bridgehead atoms. The van der Waals surface area contributed by atoms with Gasteiger partial charge in [-0.25, -0.2) is 0 Å². The Balaban J connectivity index is 1.86. The monoisotopic (exact) mass is 399 g/mol. The second-order valence-corrected chi connectivity index (χ2v) is 7.03. The minimum absolute atomic E-state index is 0.377. The third kappa shape index (κ3) is 3.97. The van der Waals surface area contributed by atoms with Gasteiger partial charge in [0.15, 0.2) is 0 Å². The molecule has 128 valence electrons. The average Bonchev–Trinajstić information content (AvgIpc) is 2.55. The highest BCUT2D eigenvalue weighted by Crippen LogP contribution is 2.27. The summed E-state index contributed by atoms with van der Waals surface area (Å²) < 4.78 is 0.813. The van der Waals surface area contributed by atoms with E-state index in [0.29, 0.717) is 16.7 Å². The summed E-state index contributed by atoms with van der Waals surface area (Å²) in [5.74, 6) is -0.787. The summed E-state index contributed by atoms with van der Waals surface area (Å²) in [5, 5.41) is 5.50. The Morgan fingerprint density at radius 2 is 1.76 bits per heavy atom. The number of rotatable bonds is 4. The van der Waals surface area contributed by atoms with Crippen molar-refractivity contribution in [3.8, 4) is 0 Å². The Labute approximate surface area is 154 Å². The number of fused-ring (bicyclic) bond motifs is 1. The number of hydrogen-bond acceptors (Lipinski definition) is 4. The van der Waals surface area contributed by atoms with Gasteiger partial charge in [0, 0.05) is 34.0 Å². The number of halogens is 1. The second kappa shape index (κ2) is 7.21. The molecule has 1 heterocycles. The number of anilines is 1. The van der Waals surface area contributed by atoms with Gasteiger partial charge in [-0.15, -0.1) is 0 Å². The summed E-state index contributed by atoms with van der Waals surface area (Å²) in [6.45, 7) is 0.868. The molecule has 0 spiro atoms. The van der Waals surface area contributed by atoms with Gasteiger partial charge in [0.05, 0.1) is 5.57 Å². The molecule has 1 aliphatic heterocycles. The van der Waals surface area contributed by atoms with E-state index < -0.39 is 5.91 Å². The van der Waals surface area contributed by atoms with E-state index in [1.54, 1.807) is 24.4 Å². The molecule has 0 atom stereocenters. The van der Waals surface area contributed by atoms with Gasteiger partial charge >= 0.3 is 0 Å². The lowest BCUT2D eigenvalue weighted by Gasteiger charge is -2.18. The first-order chi connectivity index (χ1) is 11.9. The number of nitrogens with one attached hydrogen (secondary N) is 2. The van der Waals surface area contributed by atoms with E-state index in [0.717, 1.165) is 16.7 Å². The van der Waals surface area contributed by atoms with Crippen LogP contribution < -0.4 is 10.6 Å². The van der Waals surface area contributed by atoms with Gasteiger partial charge < -0.3 is 10.2 Å². The summed E-state index contributed by atoms with van der Waals surface area (Å²) in [6, 6.07) is 13.3. The smallest absolute Gasteiger partial charge is 0.260 e. The van der Waals surface area contributed by atoms with Crippen LogP contribution in [-0.2, 0) is 11.3 Å². The molecule has 25 heavy (non-hydrogen) atoms. The molecule has 3 rings (SSSR count). The highest BCUT2D eigenvalue weighted by Gasteiger charge is 2.27. The van der Waals surface area contributed by atoms with Gasteiger partial charge in [-0.2, -0.15) is 0 Å². The molecular weight excluding hydrogens is 382 g/mol. The first-order valence-electron chi connectivity index (χ1n) is 7.80. The molecule has 5 nitrogen and oxygen atoms in total. The zero-order valence-corrected chi connectivity index (χ0v) is 15.6. The number of carbonyl (C=O) groups excluding carboxylic acids is 2. The third-order valence-electron chi connectivity index (χ3n) is 3.82. The van der Waals surface area contributed by atoms with Crippen LogP contribution in [0.5, 0.6) is 0 Å². The second-order valence-electron chi connectivity index (χ2n) is 6.11. The van der Waals surface area contributed by atoms with E-state index in [9.17, 15) is 9.59 Å². The van der Waals surface area contributed by atoms with E-state index in [4.69, 9.17) is 0 Å². The van der Waals surface area contributed by atoms with E-state index in [1.165, 1.54) is 5.56 Å². The Kier molecular flexibility index (Phi) is 5.01. The Bertz CT molecular complexity index is 857. The topological polar surface area (TPSA) is 61.4 Å². The predicted octanol–water partition coefficient (Wildman–Crippen LogP) is 3.23. The van der Waals surface area contributed by atoms with E-state index in [-0.39, 0.29) is 5.91 Å². The van der Waals surface area contributed by atoms with Crippen molar-refractivity contribution in [1.29, 1.82) is 0 Å². The predicted molar refractivity (Wildman–Crippen MR) is 102 cm³/mol. The summed E-state index contributed by atoms with van der Waals surface area (Å²) in [6.07, 6.45) is 1.63. The number of benzene rings is 2. The van der Waals surface area contributed by atoms with Gasteiger partial charge in [-0.1, -0.05) is 28.1 Å². The molecule has 6 heteroatoms. The normalized spacial score (nSPS) is 15.3. The molecule has 0 unspecified atom stereocenters. The van der Waals surface area contributed by atoms with Crippen molar-refractivity contribution < 1.29 is 9.59 Å². The molecule has 0 aromatic heterocycles. The van der Waals surface area contributed by atoms with Crippen molar-refractivity contribution in [2.75, 3.05) is 19.4 Å². The van der Waals surface area contributed by atoms with Crippen molar-refractivity contribution in [2.24, 2.45) is 0 Å². The largest absolute Gasteiger partial charge is 0.361 e. The highest BCUT2D eigenvalue weighted by atomic mass is 79.9. The van der Waals surface area contributed by atoms with Gasteiger partial charge in [0.25, 0.3) is 11.8 Å². The molecule has 2 N–H and O–H groups in total. The summed E-state index contributed by atoms with van der Waals surface area (Å²) in [7, 11) is 4.05. The van der Waals surface area contributed by atoms with Gasteiger partial charge in [0.2, 0.25) is 0 Å². The van der Waals surface area contributed by atoms with E-state index >= 15 is 0 Å². The highest BCUT2D eigenvalue weighted by molar-refractivity contribution is 9.10. The summed E-state index contributed by atoms with van der Waals surface area (Å²) >= 11 is 3.39. The van der Waals surface area contributed by atoms with Crippen molar-refractivity contribution in [1.82, 2.24) is 10.2 Å². The van der Waals surface area contributed by atoms with Crippen LogP contribution in [0.15, 0.2) is 53.1 Å². The molecule has 1 aliphatic rings. The maximum atomic E-state index is 12.2. The average molecular weight is 400 g/mol. The molecule has 0 aliphatic carbocycles. The lowest BCUT2D eigenvalue weighted by molar-refractivity contribution is -0.114. The SMILES string of the molecule is CN(C)Cc1ccc(N/C=C2\C(=O)NC(=O)c3ccc(Br)cc32)cc1. The minimum atomic E-state index is -0.410. The fourth-order valence-electron chi connectivity index (χ4n) is 2.67. The number of hydrogen-bond donors (Lipinski definition) is 2. The van der Waals surface area contributed by atoms with Gasteiger partial charge in [-0.3, -0.25) is 14.9 Å². The van der Waals surface area contributed by atoms with Crippen LogP contribution in [0.25, 0.3) is 5.57 Å². The molecular formula is C19H18BrN3O2. The van der Waals surface area contributed by atoms with Crippen LogP contribution in [0.3, 0.4) is 0 Å². The molecule has 0 fully saturated rings. The van der Waals surface area contributed by atoms with Crippen LogP contribution in [0.4, 0.5) is 5.69 Å². The minimum Gasteiger partial charge on any atom is -0.361 e. The van der Waals surface area contributed by atoms with Crippen molar-refractivity contribution in [2.45, 2.75) is 6.54 Å². The first kappa shape index (κ1) is 17.4. The van der Waals surface area contributed by atoms with Crippen LogP contribution >= 0.6 is 15.9 Å². The quantitative estimate of drug-likeness (QED) is 0.611. The van der Waals surface area contributed by atoms with Crippen LogP contribution in [0.2, 0.25) is 0 Å². The third-order valence-corrected chi connectivity index (χ3v) is 4.32. The standard InChI is InChI=1S/C19H18BrN3O2/c1-23(2)11-12-3-6-14(7-4-12)21-10-17-16-9-13(20)5-8-15(16)18(24)22-19(17)25/h3-10,21H,11H2,1-2H3,(H,22,24,25)/b17-10-. The van der Waals surface area contributed by atoms with Crippen LogP contribution in [-0.4, -0.2) is 30.8 Å².